The van der Waals surface area contributed by atoms with Crippen molar-refractivity contribution in [3.63, 3.8) is 0 Å². The monoisotopic (exact) mass is 341 g/mol. The number of nitrogens with one attached hydrogen (secondary N) is 1. The zero-order valence-electron chi connectivity index (χ0n) is 10.4. The van der Waals surface area contributed by atoms with Gasteiger partial charge in [0.05, 0.1) is 12.8 Å². The van der Waals surface area contributed by atoms with Gasteiger partial charge in [0.25, 0.3) is 5.91 Å². The molecule has 2 rings (SSSR count). The summed E-state index contributed by atoms with van der Waals surface area (Å²) in [7, 11) is 1.50. The Bertz CT molecular complexity index is 641. The van der Waals surface area contributed by atoms with Gasteiger partial charge in [0.15, 0.2) is 0 Å². The molecule has 0 saturated carbocycles. The van der Waals surface area contributed by atoms with E-state index in [-0.39, 0.29) is 5.56 Å². The number of carbonyl (C=O) groups excluding carboxylic acids is 1. The minimum absolute atomic E-state index is 0.0998. The molecule has 2 aromatic rings. The first kappa shape index (κ1) is 14.5. The van der Waals surface area contributed by atoms with Crippen molar-refractivity contribution >= 4 is 27.5 Å². The Morgan fingerprint density at radius 3 is 2.40 bits per heavy atom. The summed E-state index contributed by atoms with van der Waals surface area (Å²) >= 11 is 3.27. The van der Waals surface area contributed by atoms with Crippen LogP contribution in [0.2, 0.25) is 0 Å². The van der Waals surface area contributed by atoms with Crippen LogP contribution in [0.25, 0.3) is 0 Å². The minimum Gasteiger partial charge on any atom is -0.497 e. The van der Waals surface area contributed by atoms with E-state index in [0.29, 0.717) is 22.0 Å². The smallest absolute Gasteiger partial charge is 0.255 e. The Kier molecular flexibility index (Phi) is 4.34. The van der Waals surface area contributed by atoms with Crippen LogP contribution in [0, 0.1) is 11.6 Å². The molecule has 0 unspecified atom stereocenters. The van der Waals surface area contributed by atoms with Gasteiger partial charge in [0, 0.05) is 22.2 Å². The molecule has 0 aliphatic heterocycles. The summed E-state index contributed by atoms with van der Waals surface area (Å²) in [6.07, 6.45) is 0. The number of benzene rings is 2. The van der Waals surface area contributed by atoms with Gasteiger partial charge in [0.2, 0.25) is 0 Å². The van der Waals surface area contributed by atoms with E-state index in [1.54, 1.807) is 18.2 Å². The molecule has 6 heteroatoms. The maximum Gasteiger partial charge on any atom is 0.255 e. The van der Waals surface area contributed by atoms with Crippen molar-refractivity contribution < 1.29 is 18.3 Å². The highest BCUT2D eigenvalue weighted by Crippen LogP contribution is 2.27. The molecule has 0 bridgehead atoms. The summed E-state index contributed by atoms with van der Waals surface area (Å²) in [6, 6.07) is 7.64. The summed E-state index contributed by atoms with van der Waals surface area (Å²) < 4.78 is 31.8. The van der Waals surface area contributed by atoms with E-state index in [0.717, 1.165) is 12.1 Å². The first-order valence-electron chi connectivity index (χ1n) is 5.60. The van der Waals surface area contributed by atoms with Crippen LogP contribution in [0.15, 0.2) is 40.9 Å². The van der Waals surface area contributed by atoms with Crippen LogP contribution < -0.4 is 10.1 Å². The van der Waals surface area contributed by atoms with E-state index >= 15 is 0 Å². The van der Waals surface area contributed by atoms with Crippen LogP contribution in [0.5, 0.6) is 5.75 Å². The van der Waals surface area contributed by atoms with Crippen LogP contribution in [0.4, 0.5) is 14.5 Å². The maximum absolute atomic E-state index is 13.1. The SMILES string of the molecule is COc1ccc(Br)c(NC(=O)c2cc(F)cc(F)c2)c1. The molecule has 0 heterocycles. The van der Waals surface area contributed by atoms with Crippen LogP contribution in [0.3, 0.4) is 0 Å². The number of hydrogen-bond donors (Lipinski definition) is 1. The molecule has 0 spiro atoms. The summed E-state index contributed by atoms with van der Waals surface area (Å²) in [4.78, 5) is 12.0. The minimum atomic E-state index is -0.806. The Balaban J connectivity index is 2.27. The highest BCUT2D eigenvalue weighted by atomic mass is 79.9. The van der Waals surface area contributed by atoms with E-state index in [1.807, 2.05) is 0 Å². The fourth-order valence-electron chi connectivity index (χ4n) is 1.61. The third kappa shape index (κ3) is 3.33. The predicted molar refractivity (Wildman–Crippen MR) is 75.0 cm³/mol. The Morgan fingerprint density at radius 1 is 1.15 bits per heavy atom. The summed E-state index contributed by atoms with van der Waals surface area (Å²) in [5.41, 5.74) is 0.344. The fraction of sp³-hybridized carbons (Fsp3) is 0.0714. The summed E-state index contributed by atoms with van der Waals surface area (Å²) in [5.74, 6) is -1.68. The van der Waals surface area contributed by atoms with E-state index in [4.69, 9.17) is 4.74 Å². The average Bonchev–Trinajstić information content (AvgIpc) is 2.40. The molecular formula is C14H10BrF2NO2. The van der Waals surface area contributed by atoms with Crippen LogP contribution in [-0.2, 0) is 0 Å². The lowest BCUT2D eigenvalue weighted by molar-refractivity contribution is 0.102. The van der Waals surface area contributed by atoms with Crippen LogP contribution >= 0.6 is 15.9 Å². The lowest BCUT2D eigenvalue weighted by atomic mass is 10.2. The second-order valence-electron chi connectivity index (χ2n) is 3.96. The molecular weight excluding hydrogens is 332 g/mol. The fourth-order valence-corrected chi connectivity index (χ4v) is 1.95. The summed E-state index contributed by atoms with van der Waals surface area (Å²) in [6.45, 7) is 0. The molecule has 0 saturated heterocycles. The number of carbonyl (C=O) groups is 1. The largest absolute Gasteiger partial charge is 0.497 e. The number of ether oxygens (including phenoxy) is 1. The molecule has 0 fully saturated rings. The third-order valence-electron chi connectivity index (χ3n) is 2.55. The van der Waals surface area contributed by atoms with Crippen molar-refractivity contribution in [3.05, 3.63) is 58.1 Å². The number of halogens is 3. The maximum atomic E-state index is 13.1. The van der Waals surface area contributed by atoms with Gasteiger partial charge in [-0.3, -0.25) is 4.79 Å². The first-order valence-corrected chi connectivity index (χ1v) is 6.40. The van der Waals surface area contributed by atoms with Gasteiger partial charge in [-0.25, -0.2) is 8.78 Å². The topological polar surface area (TPSA) is 38.3 Å². The van der Waals surface area contributed by atoms with E-state index < -0.39 is 17.5 Å². The van der Waals surface area contributed by atoms with Gasteiger partial charge < -0.3 is 10.1 Å². The van der Waals surface area contributed by atoms with E-state index in [9.17, 15) is 13.6 Å². The van der Waals surface area contributed by atoms with Gasteiger partial charge in [-0.15, -0.1) is 0 Å². The number of methoxy groups -OCH3 is 1. The van der Waals surface area contributed by atoms with E-state index in [1.165, 1.54) is 7.11 Å². The average molecular weight is 342 g/mol. The quantitative estimate of drug-likeness (QED) is 0.916. The van der Waals surface area contributed by atoms with Crippen molar-refractivity contribution in [1.29, 1.82) is 0 Å². The molecule has 1 N–H and O–H groups in total. The second kappa shape index (κ2) is 6.00. The lowest BCUT2D eigenvalue weighted by Crippen LogP contribution is -2.13. The number of amides is 1. The summed E-state index contributed by atoms with van der Waals surface area (Å²) in [5, 5.41) is 2.56. The molecule has 3 nitrogen and oxygen atoms in total. The van der Waals surface area contributed by atoms with Gasteiger partial charge in [-0.2, -0.15) is 0 Å². The molecule has 2 aromatic carbocycles. The number of anilines is 1. The van der Waals surface area contributed by atoms with Crippen molar-refractivity contribution in [3.8, 4) is 5.75 Å². The van der Waals surface area contributed by atoms with Crippen molar-refractivity contribution in [2.24, 2.45) is 0 Å². The second-order valence-corrected chi connectivity index (χ2v) is 4.81. The van der Waals surface area contributed by atoms with Crippen LogP contribution in [0.1, 0.15) is 10.4 Å². The molecule has 0 atom stereocenters. The van der Waals surface area contributed by atoms with Crippen LogP contribution in [-0.4, -0.2) is 13.0 Å². The Labute approximate surface area is 122 Å². The lowest BCUT2D eigenvalue weighted by Gasteiger charge is -2.09. The Hall–Kier alpha value is -1.95. The zero-order valence-corrected chi connectivity index (χ0v) is 12.0. The van der Waals surface area contributed by atoms with E-state index in [2.05, 4.69) is 21.2 Å². The third-order valence-corrected chi connectivity index (χ3v) is 3.24. The molecule has 20 heavy (non-hydrogen) atoms. The zero-order chi connectivity index (χ0) is 14.7. The number of hydrogen-bond acceptors (Lipinski definition) is 2. The van der Waals surface area contributed by atoms with Gasteiger partial charge in [-0.1, -0.05) is 0 Å². The van der Waals surface area contributed by atoms with Crippen molar-refractivity contribution in [1.82, 2.24) is 0 Å². The van der Waals surface area contributed by atoms with Crippen molar-refractivity contribution in [2.75, 3.05) is 12.4 Å². The number of rotatable bonds is 3. The molecule has 0 radical (unpaired) electrons. The van der Waals surface area contributed by atoms with Gasteiger partial charge in [-0.05, 0) is 40.2 Å². The molecule has 0 aromatic heterocycles. The highest BCUT2D eigenvalue weighted by Gasteiger charge is 2.11. The highest BCUT2D eigenvalue weighted by molar-refractivity contribution is 9.10. The van der Waals surface area contributed by atoms with Gasteiger partial charge in [0.1, 0.15) is 17.4 Å². The molecule has 1 amide bonds. The Morgan fingerprint density at radius 2 is 1.80 bits per heavy atom. The first-order chi connectivity index (χ1) is 9.49. The van der Waals surface area contributed by atoms with Gasteiger partial charge >= 0.3 is 0 Å². The normalized spacial score (nSPS) is 10.2. The molecule has 0 aliphatic carbocycles. The molecule has 104 valence electrons. The standard InChI is InChI=1S/C14H10BrF2NO2/c1-20-11-2-3-12(15)13(7-11)18-14(19)8-4-9(16)6-10(17)5-8/h2-7H,1H3,(H,18,19). The molecule has 0 aliphatic rings. The van der Waals surface area contributed by atoms with Crippen molar-refractivity contribution in [2.45, 2.75) is 0 Å². The predicted octanol–water partition coefficient (Wildman–Crippen LogP) is 3.99.